The molecule has 4 saturated carbocycles. The maximum atomic E-state index is 12.6. The average Bonchev–Trinajstić information content (AvgIpc) is 2.99. The Morgan fingerprint density at radius 1 is 1.03 bits per heavy atom. The second-order valence-corrected chi connectivity index (χ2v) is 9.99. The highest BCUT2D eigenvalue weighted by molar-refractivity contribution is 5.99. The first-order chi connectivity index (χ1) is 14.7. The van der Waals surface area contributed by atoms with Crippen LogP contribution in [0.4, 0.5) is 0 Å². The largest absolute Gasteiger partial charge is 0.461 e. The third-order valence-electron chi connectivity index (χ3n) is 7.84. The number of esters is 2. The highest BCUT2D eigenvalue weighted by atomic mass is 16.5. The lowest BCUT2D eigenvalue weighted by Crippen LogP contribution is -2.56. The number of H-pyrrole nitrogens is 1. The third kappa shape index (κ3) is 4.11. The summed E-state index contributed by atoms with van der Waals surface area (Å²) in [6.07, 6.45) is 7.71. The van der Waals surface area contributed by atoms with Gasteiger partial charge in [0.1, 0.15) is 5.69 Å². The van der Waals surface area contributed by atoms with Crippen LogP contribution in [0.15, 0.2) is 0 Å². The van der Waals surface area contributed by atoms with Crippen molar-refractivity contribution in [3.63, 3.8) is 0 Å². The number of aromatic nitrogens is 1. The van der Waals surface area contributed by atoms with Gasteiger partial charge in [-0.1, -0.05) is 0 Å². The zero-order chi connectivity index (χ0) is 22.3. The molecule has 0 radical (unpaired) electrons. The van der Waals surface area contributed by atoms with E-state index in [2.05, 4.69) is 17.2 Å². The predicted octanol–water partition coefficient (Wildman–Crippen LogP) is 3.69. The Kier molecular flexibility index (Phi) is 5.88. The molecule has 170 valence electrons. The van der Waals surface area contributed by atoms with Gasteiger partial charge in [-0.05, 0) is 95.0 Å². The summed E-state index contributed by atoms with van der Waals surface area (Å²) >= 11 is 0. The molecule has 4 bridgehead atoms. The van der Waals surface area contributed by atoms with E-state index in [1.54, 1.807) is 20.8 Å². The second-order valence-electron chi connectivity index (χ2n) is 9.99. The van der Waals surface area contributed by atoms with Crippen molar-refractivity contribution >= 4 is 17.8 Å². The SMILES string of the molecule is CCOC(=O)c1[nH]c(C)c(C(=O)OCC(=O)N[C@H](C)C23CC4CC(CC(C4)C2)C3)c1C. The summed E-state index contributed by atoms with van der Waals surface area (Å²) in [4.78, 5) is 40.1. The second kappa shape index (κ2) is 8.32. The Labute approximate surface area is 183 Å². The molecule has 0 spiro atoms. The number of nitrogens with one attached hydrogen (secondary N) is 2. The summed E-state index contributed by atoms with van der Waals surface area (Å²) in [6, 6.07) is 0.0817. The fourth-order valence-corrected chi connectivity index (χ4v) is 6.81. The smallest absolute Gasteiger partial charge is 0.355 e. The van der Waals surface area contributed by atoms with Gasteiger partial charge in [-0.15, -0.1) is 0 Å². The molecule has 7 nitrogen and oxygen atoms in total. The van der Waals surface area contributed by atoms with Crippen LogP contribution in [0, 0.1) is 37.0 Å². The van der Waals surface area contributed by atoms with E-state index in [-0.39, 0.29) is 41.8 Å². The summed E-state index contributed by atoms with van der Waals surface area (Å²) in [5, 5.41) is 3.12. The molecule has 5 rings (SSSR count). The van der Waals surface area contributed by atoms with Crippen LogP contribution < -0.4 is 5.32 Å². The minimum atomic E-state index is -0.612. The van der Waals surface area contributed by atoms with Gasteiger partial charge in [0.2, 0.25) is 0 Å². The number of rotatable bonds is 7. The number of aryl methyl sites for hydroxylation is 1. The van der Waals surface area contributed by atoms with Gasteiger partial charge in [-0.25, -0.2) is 9.59 Å². The molecule has 1 heterocycles. The number of carbonyl (C=O) groups excluding carboxylic acids is 3. The molecule has 0 unspecified atom stereocenters. The topological polar surface area (TPSA) is 97.5 Å². The van der Waals surface area contributed by atoms with Crippen molar-refractivity contribution in [3.8, 4) is 0 Å². The zero-order valence-electron chi connectivity index (χ0n) is 19.0. The minimum Gasteiger partial charge on any atom is -0.461 e. The predicted molar refractivity (Wildman–Crippen MR) is 115 cm³/mol. The summed E-state index contributed by atoms with van der Waals surface area (Å²) < 4.78 is 10.3. The molecule has 0 aliphatic heterocycles. The van der Waals surface area contributed by atoms with E-state index in [9.17, 15) is 14.4 Å². The van der Waals surface area contributed by atoms with Gasteiger partial charge in [-0.2, -0.15) is 0 Å². The maximum absolute atomic E-state index is 12.6. The van der Waals surface area contributed by atoms with Crippen LogP contribution >= 0.6 is 0 Å². The van der Waals surface area contributed by atoms with Crippen molar-refractivity contribution in [3.05, 3.63) is 22.5 Å². The van der Waals surface area contributed by atoms with Gasteiger partial charge >= 0.3 is 11.9 Å². The molecule has 1 aromatic heterocycles. The molecule has 4 aliphatic carbocycles. The first kappa shape index (κ1) is 21.9. The van der Waals surface area contributed by atoms with E-state index in [0.717, 1.165) is 17.8 Å². The van der Waals surface area contributed by atoms with Gasteiger partial charge < -0.3 is 19.8 Å². The summed E-state index contributed by atoms with van der Waals surface area (Å²) in [5.41, 5.74) is 1.73. The van der Waals surface area contributed by atoms with Crippen molar-refractivity contribution in [1.29, 1.82) is 0 Å². The van der Waals surface area contributed by atoms with Crippen molar-refractivity contribution in [2.24, 2.45) is 23.2 Å². The van der Waals surface area contributed by atoms with E-state index >= 15 is 0 Å². The quantitative estimate of drug-likeness (QED) is 0.643. The van der Waals surface area contributed by atoms with Crippen molar-refractivity contribution in [2.45, 2.75) is 72.3 Å². The number of aromatic amines is 1. The van der Waals surface area contributed by atoms with Crippen molar-refractivity contribution < 1.29 is 23.9 Å². The maximum Gasteiger partial charge on any atom is 0.355 e. The number of carbonyl (C=O) groups is 3. The molecule has 1 atom stereocenters. The van der Waals surface area contributed by atoms with Crippen molar-refractivity contribution in [1.82, 2.24) is 10.3 Å². The van der Waals surface area contributed by atoms with Crippen LogP contribution in [-0.4, -0.2) is 42.1 Å². The Hall–Kier alpha value is -2.31. The number of hydrogen-bond acceptors (Lipinski definition) is 5. The molecule has 31 heavy (non-hydrogen) atoms. The first-order valence-corrected chi connectivity index (χ1v) is 11.5. The Bertz CT molecular complexity index is 851. The molecule has 4 fully saturated rings. The van der Waals surface area contributed by atoms with E-state index in [4.69, 9.17) is 9.47 Å². The highest BCUT2D eigenvalue weighted by Crippen LogP contribution is 2.61. The monoisotopic (exact) mass is 430 g/mol. The number of hydrogen-bond donors (Lipinski definition) is 2. The van der Waals surface area contributed by atoms with E-state index in [0.29, 0.717) is 11.3 Å². The van der Waals surface area contributed by atoms with Crippen LogP contribution in [0.25, 0.3) is 0 Å². The highest BCUT2D eigenvalue weighted by Gasteiger charge is 2.53. The summed E-state index contributed by atoms with van der Waals surface area (Å²) in [5.74, 6) is 1.06. The van der Waals surface area contributed by atoms with Gasteiger partial charge in [0.05, 0.1) is 12.2 Å². The lowest BCUT2D eigenvalue weighted by Gasteiger charge is -2.59. The van der Waals surface area contributed by atoms with E-state index in [1.165, 1.54) is 38.5 Å². The van der Waals surface area contributed by atoms with Crippen LogP contribution in [-0.2, 0) is 14.3 Å². The van der Waals surface area contributed by atoms with Gasteiger partial charge in [0.15, 0.2) is 6.61 Å². The first-order valence-electron chi connectivity index (χ1n) is 11.5. The molecule has 0 saturated heterocycles. The molecular formula is C24H34N2O5. The van der Waals surface area contributed by atoms with Gasteiger partial charge in [0.25, 0.3) is 5.91 Å². The number of ether oxygens (including phenoxy) is 2. The lowest BCUT2D eigenvalue weighted by atomic mass is 9.48. The van der Waals surface area contributed by atoms with Crippen molar-refractivity contribution in [2.75, 3.05) is 13.2 Å². The number of amides is 1. The van der Waals surface area contributed by atoms with Gasteiger partial charge in [0, 0.05) is 11.7 Å². The normalized spacial score (nSPS) is 29.5. The average molecular weight is 431 g/mol. The molecule has 1 amide bonds. The Morgan fingerprint density at radius 3 is 2.16 bits per heavy atom. The zero-order valence-corrected chi connectivity index (χ0v) is 19.0. The van der Waals surface area contributed by atoms with Crippen LogP contribution in [0.1, 0.15) is 84.5 Å². The third-order valence-corrected chi connectivity index (χ3v) is 7.84. The molecule has 4 aliphatic rings. The fraction of sp³-hybridized carbons (Fsp3) is 0.708. The molecule has 1 aromatic rings. The molecule has 0 aromatic carbocycles. The van der Waals surface area contributed by atoms with Crippen LogP contribution in [0.5, 0.6) is 0 Å². The summed E-state index contributed by atoms with van der Waals surface area (Å²) in [6.45, 7) is 7.12. The Morgan fingerprint density at radius 2 is 1.61 bits per heavy atom. The van der Waals surface area contributed by atoms with E-state index in [1.807, 2.05) is 0 Å². The van der Waals surface area contributed by atoms with Crippen LogP contribution in [0.3, 0.4) is 0 Å². The molecule has 2 N–H and O–H groups in total. The summed E-state index contributed by atoms with van der Waals surface area (Å²) in [7, 11) is 0. The van der Waals surface area contributed by atoms with E-state index < -0.39 is 11.9 Å². The molecular weight excluding hydrogens is 396 g/mol. The van der Waals surface area contributed by atoms with Crippen LogP contribution in [0.2, 0.25) is 0 Å². The lowest BCUT2D eigenvalue weighted by molar-refractivity contribution is -0.128. The molecule has 7 heteroatoms. The Balaban J connectivity index is 1.34. The minimum absolute atomic E-state index is 0.0817. The van der Waals surface area contributed by atoms with Gasteiger partial charge in [-0.3, -0.25) is 4.79 Å². The standard InChI is InChI=1S/C24H34N2O5/c1-5-30-23(29)21-13(2)20(14(3)25-21)22(28)31-12-19(27)26-15(4)24-9-16-6-17(10-24)8-18(7-16)11-24/h15-18,25H,5-12H2,1-4H3,(H,26,27)/t15-,16?,17?,18?,24?/m1/s1. The fourth-order valence-electron chi connectivity index (χ4n) is 6.81.